The first-order valence-electron chi connectivity index (χ1n) is 8.06. The lowest BCUT2D eigenvalue weighted by atomic mass is 9.82. The second-order valence-corrected chi connectivity index (χ2v) is 5.79. The zero-order valence-electron chi connectivity index (χ0n) is 13.5. The maximum absolute atomic E-state index is 6.03. The van der Waals surface area contributed by atoms with Gasteiger partial charge in [-0.05, 0) is 38.4 Å². The van der Waals surface area contributed by atoms with Crippen molar-refractivity contribution in [2.24, 2.45) is 0 Å². The number of nitrogens with zero attached hydrogens (tertiary/aromatic N) is 1. The summed E-state index contributed by atoms with van der Waals surface area (Å²) in [7, 11) is 3.85. The van der Waals surface area contributed by atoms with Crippen LogP contribution in [0.1, 0.15) is 57.1 Å². The Balaban J connectivity index is 2.29. The number of hydrogen-bond donors (Lipinski definition) is 1. The Hall–Kier alpha value is -1.13. The molecule has 0 radical (unpaired) electrons. The van der Waals surface area contributed by atoms with Gasteiger partial charge in [-0.3, -0.25) is 4.98 Å². The Kier molecular flexibility index (Phi) is 6.00. The minimum absolute atomic E-state index is 0.141. The van der Waals surface area contributed by atoms with Crippen molar-refractivity contribution in [3.8, 4) is 5.75 Å². The summed E-state index contributed by atoms with van der Waals surface area (Å²) >= 11 is 0. The summed E-state index contributed by atoms with van der Waals surface area (Å²) in [4.78, 5) is 4.34. The van der Waals surface area contributed by atoms with E-state index in [1.807, 2.05) is 27.3 Å². The summed E-state index contributed by atoms with van der Waals surface area (Å²) in [5, 5.41) is 3.46. The third-order valence-corrected chi connectivity index (χ3v) is 4.55. The Bertz CT molecular complexity index is 429. The molecule has 1 atom stereocenters. The highest BCUT2D eigenvalue weighted by Gasteiger charge is 2.39. The number of hydrogen-bond acceptors (Lipinski definition) is 4. The molecule has 1 unspecified atom stereocenters. The lowest BCUT2D eigenvalue weighted by Crippen LogP contribution is -2.44. The lowest BCUT2D eigenvalue weighted by Gasteiger charge is -2.39. The molecule has 4 heteroatoms. The van der Waals surface area contributed by atoms with Gasteiger partial charge in [0.15, 0.2) is 0 Å². The highest BCUT2D eigenvalue weighted by Crippen LogP contribution is 2.40. The van der Waals surface area contributed by atoms with Gasteiger partial charge in [0.2, 0.25) is 0 Å². The van der Waals surface area contributed by atoms with Gasteiger partial charge in [0.05, 0.1) is 24.4 Å². The van der Waals surface area contributed by atoms with Gasteiger partial charge in [-0.25, -0.2) is 0 Å². The number of aromatic nitrogens is 1. The van der Waals surface area contributed by atoms with Crippen molar-refractivity contribution in [1.29, 1.82) is 0 Å². The molecule has 1 heterocycles. The van der Waals surface area contributed by atoms with Gasteiger partial charge < -0.3 is 14.8 Å². The number of methoxy groups -OCH3 is 1. The van der Waals surface area contributed by atoms with E-state index in [0.29, 0.717) is 6.61 Å². The quantitative estimate of drug-likeness (QED) is 0.815. The number of likely N-dealkylation sites (N-methyl/N-ethyl adjacent to an activating group) is 1. The van der Waals surface area contributed by atoms with E-state index in [4.69, 9.17) is 9.47 Å². The van der Waals surface area contributed by atoms with Crippen LogP contribution in [0, 0.1) is 0 Å². The van der Waals surface area contributed by atoms with Gasteiger partial charge in [-0.15, -0.1) is 0 Å². The average Bonchev–Trinajstić information content (AvgIpc) is 2.75. The lowest BCUT2D eigenvalue weighted by molar-refractivity contribution is -0.0523. The topological polar surface area (TPSA) is 43.4 Å². The summed E-state index contributed by atoms with van der Waals surface area (Å²) in [6.07, 6.45) is 10.9. The molecule has 0 saturated heterocycles. The van der Waals surface area contributed by atoms with Crippen molar-refractivity contribution in [1.82, 2.24) is 10.3 Å². The first-order chi connectivity index (χ1) is 10.3. The highest BCUT2D eigenvalue weighted by atomic mass is 16.5. The van der Waals surface area contributed by atoms with Gasteiger partial charge in [-0.1, -0.05) is 25.7 Å². The predicted molar refractivity (Wildman–Crippen MR) is 84.6 cm³/mol. The third kappa shape index (κ3) is 3.74. The van der Waals surface area contributed by atoms with Crippen molar-refractivity contribution < 1.29 is 9.47 Å². The maximum Gasteiger partial charge on any atom is 0.137 e. The van der Waals surface area contributed by atoms with Gasteiger partial charge in [0.1, 0.15) is 5.75 Å². The van der Waals surface area contributed by atoms with Gasteiger partial charge in [-0.2, -0.15) is 0 Å². The molecule has 0 bridgehead atoms. The molecule has 0 spiro atoms. The molecule has 1 saturated carbocycles. The van der Waals surface area contributed by atoms with Crippen molar-refractivity contribution >= 4 is 0 Å². The van der Waals surface area contributed by atoms with E-state index in [-0.39, 0.29) is 11.6 Å². The molecule has 1 aromatic heterocycles. The van der Waals surface area contributed by atoms with Crippen molar-refractivity contribution in [3.05, 3.63) is 24.0 Å². The van der Waals surface area contributed by atoms with E-state index in [0.717, 1.165) is 24.2 Å². The van der Waals surface area contributed by atoms with Crippen molar-refractivity contribution in [3.63, 3.8) is 0 Å². The van der Waals surface area contributed by atoms with Crippen LogP contribution in [-0.2, 0) is 4.74 Å². The first kappa shape index (κ1) is 16.2. The van der Waals surface area contributed by atoms with Crippen LogP contribution in [-0.4, -0.2) is 31.3 Å². The summed E-state index contributed by atoms with van der Waals surface area (Å²) in [5.41, 5.74) is 1.00. The zero-order chi connectivity index (χ0) is 15.1. The van der Waals surface area contributed by atoms with Gasteiger partial charge in [0, 0.05) is 13.3 Å². The zero-order valence-corrected chi connectivity index (χ0v) is 13.5. The van der Waals surface area contributed by atoms with Gasteiger partial charge in [0.25, 0.3) is 0 Å². The Labute approximate surface area is 128 Å². The fraction of sp³-hybridized carbons (Fsp3) is 0.706. The van der Waals surface area contributed by atoms with Crippen LogP contribution in [0.4, 0.5) is 0 Å². The van der Waals surface area contributed by atoms with E-state index in [1.165, 1.54) is 25.7 Å². The molecule has 1 fully saturated rings. The smallest absolute Gasteiger partial charge is 0.137 e. The molecule has 118 valence electrons. The number of nitrogens with one attached hydrogen (secondary N) is 1. The second kappa shape index (κ2) is 7.76. The predicted octanol–water partition coefficient (Wildman–Crippen LogP) is 3.48. The molecule has 0 aliphatic heterocycles. The van der Waals surface area contributed by atoms with Crippen molar-refractivity contribution in [2.45, 2.75) is 57.1 Å². The van der Waals surface area contributed by atoms with Crippen LogP contribution >= 0.6 is 0 Å². The minimum Gasteiger partial charge on any atom is -0.492 e. The summed E-state index contributed by atoms with van der Waals surface area (Å²) in [6.45, 7) is 2.65. The van der Waals surface area contributed by atoms with Crippen LogP contribution in [0.3, 0.4) is 0 Å². The summed E-state index contributed by atoms with van der Waals surface area (Å²) < 4.78 is 11.6. The van der Waals surface area contributed by atoms with E-state index in [2.05, 4.69) is 16.4 Å². The maximum atomic E-state index is 6.03. The van der Waals surface area contributed by atoms with Crippen LogP contribution in [0.2, 0.25) is 0 Å². The summed E-state index contributed by atoms with van der Waals surface area (Å²) in [5.74, 6) is 0.829. The normalized spacial score (nSPS) is 19.8. The molecule has 2 rings (SSSR count). The number of pyridine rings is 1. The third-order valence-electron chi connectivity index (χ3n) is 4.55. The molecule has 0 aromatic carbocycles. The van der Waals surface area contributed by atoms with E-state index >= 15 is 0 Å². The molecule has 4 nitrogen and oxygen atoms in total. The average molecular weight is 292 g/mol. The largest absolute Gasteiger partial charge is 0.492 e. The fourth-order valence-corrected chi connectivity index (χ4v) is 3.51. The highest BCUT2D eigenvalue weighted by molar-refractivity contribution is 5.28. The van der Waals surface area contributed by atoms with E-state index in [9.17, 15) is 0 Å². The molecule has 0 amide bonds. The van der Waals surface area contributed by atoms with Gasteiger partial charge >= 0.3 is 0 Å². The first-order valence-corrected chi connectivity index (χ1v) is 8.06. The Morgan fingerprint density at radius 2 is 1.95 bits per heavy atom. The molecule has 21 heavy (non-hydrogen) atoms. The SMILES string of the molecule is CCOc1cncc(C(NC)C2(OC)CCCCCC2)c1. The fourth-order valence-electron chi connectivity index (χ4n) is 3.51. The molecular weight excluding hydrogens is 264 g/mol. The number of rotatable bonds is 6. The minimum atomic E-state index is -0.141. The molecule has 1 N–H and O–H groups in total. The molecule has 1 aromatic rings. The summed E-state index contributed by atoms with van der Waals surface area (Å²) in [6, 6.07) is 2.23. The Morgan fingerprint density at radius 3 is 2.52 bits per heavy atom. The van der Waals surface area contributed by atoms with Crippen molar-refractivity contribution in [2.75, 3.05) is 20.8 Å². The van der Waals surface area contributed by atoms with Crippen LogP contribution in [0.5, 0.6) is 5.75 Å². The van der Waals surface area contributed by atoms with E-state index < -0.39 is 0 Å². The van der Waals surface area contributed by atoms with E-state index in [1.54, 1.807) is 6.20 Å². The van der Waals surface area contributed by atoms with Crippen LogP contribution in [0.15, 0.2) is 18.5 Å². The molecular formula is C17H28N2O2. The van der Waals surface area contributed by atoms with Crippen LogP contribution < -0.4 is 10.1 Å². The number of ether oxygens (including phenoxy) is 2. The Morgan fingerprint density at radius 1 is 1.24 bits per heavy atom. The monoisotopic (exact) mass is 292 g/mol. The molecule has 1 aliphatic carbocycles. The van der Waals surface area contributed by atoms with Crippen LogP contribution in [0.25, 0.3) is 0 Å². The second-order valence-electron chi connectivity index (χ2n) is 5.79. The standard InChI is InChI=1S/C17H28N2O2/c1-4-21-15-11-14(12-19-13-15)16(18-2)17(20-3)9-7-5-6-8-10-17/h11-13,16,18H,4-10H2,1-3H3. The molecule has 1 aliphatic rings.